The second-order valence-corrected chi connectivity index (χ2v) is 3.02. The first-order chi connectivity index (χ1) is 8.22. The number of rotatable bonds is 9. The summed E-state index contributed by atoms with van der Waals surface area (Å²) in [6.45, 7) is 0.682. The molecule has 17 heavy (non-hydrogen) atoms. The normalized spacial score (nSPS) is 10.6. The van der Waals surface area contributed by atoms with Crippen LogP contribution in [0, 0.1) is 0 Å². The lowest BCUT2D eigenvalue weighted by atomic mass is 10.6. The van der Waals surface area contributed by atoms with Gasteiger partial charge in [-0.1, -0.05) is 0 Å². The third-order valence-electron chi connectivity index (χ3n) is 1.62. The highest BCUT2D eigenvalue weighted by atomic mass is 16.5. The van der Waals surface area contributed by atoms with Crippen molar-refractivity contribution < 1.29 is 28.5 Å². The molecule has 0 bridgehead atoms. The molecule has 1 aromatic rings. The van der Waals surface area contributed by atoms with Crippen molar-refractivity contribution in [2.45, 2.75) is 13.2 Å². The molecule has 1 aromatic heterocycles. The van der Waals surface area contributed by atoms with Crippen molar-refractivity contribution in [2.24, 2.45) is 0 Å². The van der Waals surface area contributed by atoms with Gasteiger partial charge in [-0.05, 0) is 0 Å². The van der Waals surface area contributed by atoms with Gasteiger partial charge in [0.05, 0.1) is 13.2 Å². The van der Waals surface area contributed by atoms with Crippen molar-refractivity contribution in [3.8, 4) is 0 Å². The minimum Gasteiger partial charge on any atom is -0.480 e. The smallest absolute Gasteiger partial charge is 0.329 e. The summed E-state index contributed by atoms with van der Waals surface area (Å²) >= 11 is 0. The van der Waals surface area contributed by atoms with Crippen molar-refractivity contribution in [3.05, 3.63) is 11.8 Å². The highest BCUT2D eigenvalue weighted by molar-refractivity contribution is 5.67. The van der Waals surface area contributed by atoms with Crippen molar-refractivity contribution >= 4 is 5.97 Å². The Bertz CT molecular complexity index is 340. The third-order valence-corrected chi connectivity index (χ3v) is 1.62. The lowest BCUT2D eigenvalue weighted by Gasteiger charge is -1.98. The number of nitrogens with zero attached hydrogens (tertiary/aromatic N) is 2. The van der Waals surface area contributed by atoms with Crippen molar-refractivity contribution in [3.63, 3.8) is 0 Å². The molecule has 0 aromatic carbocycles. The average Bonchev–Trinajstić information content (AvgIpc) is 2.72. The standard InChI is InChI=1S/C9H14N2O6/c1-14-2-3-15-4-7-10-11-8(17-7)5-16-6-9(12)13/h2-6H2,1H3,(H,12,13). The van der Waals surface area contributed by atoms with Gasteiger partial charge in [0, 0.05) is 7.11 Å². The lowest BCUT2D eigenvalue weighted by molar-refractivity contribution is -0.142. The van der Waals surface area contributed by atoms with Crippen LogP contribution < -0.4 is 0 Å². The fraction of sp³-hybridized carbons (Fsp3) is 0.667. The van der Waals surface area contributed by atoms with E-state index in [-0.39, 0.29) is 19.1 Å². The summed E-state index contributed by atoms with van der Waals surface area (Å²) in [6, 6.07) is 0. The maximum Gasteiger partial charge on any atom is 0.329 e. The zero-order chi connectivity index (χ0) is 12.5. The molecule has 0 saturated carbocycles. The van der Waals surface area contributed by atoms with Crippen molar-refractivity contribution in [2.75, 3.05) is 26.9 Å². The Morgan fingerprint density at radius 1 is 1.24 bits per heavy atom. The lowest BCUT2D eigenvalue weighted by Crippen LogP contribution is -2.06. The second-order valence-electron chi connectivity index (χ2n) is 3.02. The molecule has 1 heterocycles. The Morgan fingerprint density at radius 3 is 2.47 bits per heavy atom. The molecule has 0 saturated heterocycles. The highest BCUT2D eigenvalue weighted by Gasteiger charge is 2.07. The van der Waals surface area contributed by atoms with Gasteiger partial charge < -0.3 is 23.7 Å². The van der Waals surface area contributed by atoms with Gasteiger partial charge in [-0.25, -0.2) is 4.79 Å². The molecular weight excluding hydrogens is 232 g/mol. The van der Waals surface area contributed by atoms with Gasteiger partial charge in [0.25, 0.3) is 0 Å². The molecule has 0 spiro atoms. The van der Waals surface area contributed by atoms with Crippen LogP contribution >= 0.6 is 0 Å². The number of carboxylic acid groups (broad SMARTS) is 1. The first-order valence-electron chi connectivity index (χ1n) is 4.90. The number of hydrogen-bond donors (Lipinski definition) is 1. The van der Waals surface area contributed by atoms with E-state index in [4.69, 9.17) is 23.7 Å². The Kier molecular flexibility index (Phi) is 6.15. The Balaban J connectivity index is 2.20. The zero-order valence-electron chi connectivity index (χ0n) is 9.42. The predicted molar refractivity (Wildman–Crippen MR) is 53.1 cm³/mol. The summed E-state index contributed by atoms with van der Waals surface area (Å²) in [5.74, 6) is -0.515. The summed E-state index contributed by atoms with van der Waals surface area (Å²) in [4.78, 5) is 10.2. The fourth-order valence-corrected chi connectivity index (χ4v) is 0.932. The van der Waals surface area contributed by atoms with Gasteiger partial charge >= 0.3 is 5.97 Å². The molecule has 96 valence electrons. The van der Waals surface area contributed by atoms with E-state index in [9.17, 15) is 4.79 Å². The number of carboxylic acids is 1. The maximum atomic E-state index is 10.2. The fourth-order valence-electron chi connectivity index (χ4n) is 0.932. The van der Waals surface area contributed by atoms with Crippen LogP contribution in [0.15, 0.2) is 4.42 Å². The van der Waals surface area contributed by atoms with Crippen LogP contribution in [0.25, 0.3) is 0 Å². The van der Waals surface area contributed by atoms with E-state index in [0.29, 0.717) is 19.1 Å². The molecule has 0 aliphatic heterocycles. The largest absolute Gasteiger partial charge is 0.480 e. The van der Waals surface area contributed by atoms with E-state index in [2.05, 4.69) is 10.2 Å². The molecule has 0 radical (unpaired) electrons. The van der Waals surface area contributed by atoms with Crippen LogP contribution in [0.1, 0.15) is 11.8 Å². The maximum absolute atomic E-state index is 10.2. The monoisotopic (exact) mass is 246 g/mol. The van der Waals surface area contributed by atoms with E-state index in [0.717, 1.165) is 0 Å². The number of ether oxygens (including phenoxy) is 3. The van der Waals surface area contributed by atoms with Crippen LogP contribution in [-0.4, -0.2) is 48.2 Å². The van der Waals surface area contributed by atoms with Crippen LogP contribution in [0.2, 0.25) is 0 Å². The van der Waals surface area contributed by atoms with E-state index < -0.39 is 12.6 Å². The molecule has 1 rings (SSSR count). The minimum atomic E-state index is -1.05. The van der Waals surface area contributed by atoms with Gasteiger partial charge in [0.2, 0.25) is 11.8 Å². The minimum absolute atomic E-state index is 0.0304. The van der Waals surface area contributed by atoms with Crippen molar-refractivity contribution in [1.82, 2.24) is 10.2 Å². The summed E-state index contributed by atoms with van der Waals surface area (Å²) < 4.78 is 19.9. The van der Waals surface area contributed by atoms with E-state index >= 15 is 0 Å². The quantitative estimate of drug-likeness (QED) is 0.599. The Morgan fingerprint density at radius 2 is 1.88 bits per heavy atom. The first kappa shape index (κ1) is 13.6. The summed E-state index contributed by atoms with van der Waals surface area (Å²) in [7, 11) is 1.58. The van der Waals surface area contributed by atoms with Crippen LogP contribution in [0.5, 0.6) is 0 Å². The molecule has 8 heteroatoms. The molecule has 1 N–H and O–H groups in total. The SMILES string of the molecule is COCCOCc1nnc(COCC(=O)O)o1. The van der Waals surface area contributed by atoms with Gasteiger partial charge in [-0.2, -0.15) is 0 Å². The molecule has 0 fully saturated rings. The summed E-state index contributed by atoms with van der Waals surface area (Å²) in [6.07, 6.45) is 0. The second kappa shape index (κ2) is 7.71. The molecule has 0 unspecified atom stereocenters. The van der Waals surface area contributed by atoms with Gasteiger partial charge in [0.1, 0.15) is 19.8 Å². The number of methoxy groups -OCH3 is 1. The van der Waals surface area contributed by atoms with E-state index in [1.165, 1.54) is 0 Å². The number of aromatic nitrogens is 2. The van der Waals surface area contributed by atoms with Crippen LogP contribution in [0.4, 0.5) is 0 Å². The number of carbonyl (C=O) groups is 1. The zero-order valence-corrected chi connectivity index (χ0v) is 9.42. The van der Waals surface area contributed by atoms with Crippen LogP contribution in [0.3, 0.4) is 0 Å². The van der Waals surface area contributed by atoms with Gasteiger partial charge in [-0.15, -0.1) is 10.2 Å². The number of aliphatic carboxylic acids is 1. The van der Waals surface area contributed by atoms with E-state index in [1.54, 1.807) is 7.11 Å². The molecule has 0 atom stereocenters. The Labute approximate surface area is 97.5 Å². The summed E-state index contributed by atoms with van der Waals surface area (Å²) in [5, 5.41) is 15.7. The van der Waals surface area contributed by atoms with Gasteiger partial charge in [0.15, 0.2) is 0 Å². The van der Waals surface area contributed by atoms with Crippen molar-refractivity contribution in [1.29, 1.82) is 0 Å². The van der Waals surface area contributed by atoms with Gasteiger partial charge in [-0.3, -0.25) is 0 Å². The number of hydrogen-bond acceptors (Lipinski definition) is 7. The molecule has 0 amide bonds. The topological polar surface area (TPSA) is 104 Å². The molecular formula is C9H14N2O6. The first-order valence-corrected chi connectivity index (χ1v) is 4.90. The molecule has 0 aliphatic carbocycles. The highest BCUT2D eigenvalue weighted by Crippen LogP contribution is 2.02. The average molecular weight is 246 g/mol. The summed E-state index contributed by atoms with van der Waals surface area (Å²) in [5.41, 5.74) is 0. The predicted octanol–water partition coefficient (Wildman–Crippen LogP) is -0.166. The van der Waals surface area contributed by atoms with Crippen LogP contribution in [-0.2, 0) is 32.2 Å². The Hall–Kier alpha value is -1.51. The molecule has 8 nitrogen and oxygen atoms in total. The van der Waals surface area contributed by atoms with E-state index in [1.807, 2.05) is 0 Å². The third kappa shape index (κ3) is 5.95. The molecule has 0 aliphatic rings.